The number of carbonyl (C=O) groups is 2. The molecule has 94 valence electrons. The van der Waals surface area contributed by atoms with E-state index in [2.05, 4.69) is 20.4 Å². The van der Waals surface area contributed by atoms with Gasteiger partial charge in [0.05, 0.1) is 13.7 Å². The summed E-state index contributed by atoms with van der Waals surface area (Å²) in [6.07, 6.45) is 0.898. The van der Waals surface area contributed by atoms with E-state index < -0.39 is 5.97 Å². The number of hydrogen-bond acceptors (Lipinski definition) is 6. The quantitative estimate of drug-likeness (QED) is 0.739. The number of thiazole rings is 1. The van der Waals surface area contributed by atoms with Gasteiger partial charge in [0.15, 0.2) is 10.8 Å². The van der Waals surface area contributed by atoms with Gasteiger partial charge in [0, 0.05) is 11.9 Å². The first-order valence-corrected chi connectivity index (χ1v) is 6.09. The Labute approximate surface area is 103 Å². The second-order valence-electron chi connectivity index (χ2n) is 3.23. The van der Waals surface area contributed by atoms with Crippen LogP contribution in [0.3, 0.4) is 0 Å². The molecule has 0 spiro atoms. The summed E-state index contributed by atoms with van der Waals surface area (Å²) >= 11 is 1.26. The van der Waals surface area contributed by atoms with E-state index >= 15 is 0 Å². The first-order valence-electron chi connectivity index (χ1n) is 5.21. The van der Waals surface area contributed by atoms with E-state index in [0.717, 1.165) is 6.42 Å². The highest BCUT2D eigenvalue weighted by molar-refractivity contribution is 7.13. The first kappa shape index (κ1) is 13.4. The summed E-state index contributed by atoms with van der Waals surface area (Å²) in [5.74, 6) is -0.577. The zero-order valence-electron chi connectivity index (χ0n) is 9.78. The van der Waals surface area contributed by atoms with Crippen LogP contribution < -0.4 is 10.6 Å². The Bertz CT molecular complexity index is 392. The fraction of sp³-hybridized carbons (Fsp3) is 0.500. The maximum absolute atomic E-state index is 11.3. The van der Waals surface area contributed by atoms with Crippen LogP contribution in [0.5, 0.6) is 0 Å². The van der Waals surface area contributed by atoms with Crippen molar-refractivity contribution in [3.8, 4) is 0 Å². The lowest BCUT2D eigenvalue weighted by atomic mass is 10.4. The average Bonchev–Trinajstić information content (AvgIpc) is 2.81. The fourth-order valence-corrected chi connectivity index (χ4v) is 1.71. The molecule has 7 heteroatoms. The molecule has 1 heterocycles. The Hall–Kier alpha value is -1.63. The maximum Gasteiger partial charge on any atom is 0.357 e. The monoisotopic (exact) mass is 257 g/mol. The number of ether oxygens (including phenoxy) is 1. The highest BCUT2D eigenvalue weighted by atomic mass is 32.1. The molecule has 0 aliphatic carbocycles. The van der Waals surface area contributed by atoms with Crippen LogP contribution in [0.2, 0.25) is 0 Å². The van der Waals surface area contributed by atoms with Gasteiger partial charge >= 0.3 is 5.97 Å². The Morgan fingerprint density at radius 1 is 1.53 bits per heavy atom. The summed E-state index contributed by atoms with van der Waals surface area (Å²) in [4.78, 5) is 26.4. The lowest BCUT2D eigenvalue weighted by Crippen LogP contribution is -2.30. The molecule has 1 amide bonds. The van der Waals surface area contributed by atoms with Gasteiger partial charge in [-0.25, -0.2) is 9.78 Å². The molecule has 6 nitrogen and oxygen atoms in total. The first-order chi connectivity index (χ1) is 8.17. The number of nitrogens with zero attached hydrogens (tertiary/aromatic N) is 1. The summed E-state index contributed by atoms with van der Waals surface area (Å²) in [6, 6.07) is 0. The summed E-state index contributed by atoms with van der Waals surface area (Å²) in [5, 5.41) is 7.67. The van der Waals surface area contributed by atoms with Gasteiger partial charge in [0.25, 0.3) is 0 Å². The van der Waals surface area contributed by atoms with Gasteiger partial charge in [0.2, 0.25) is 5.91 Å². The number of carbonyl (C=O) groups excluding carboxylic acids is 2. The molecule has 1 aromatic heterocycles. The van der Waals surface area contributed by atoms with E-state index in [1.54, 1.807) is 5.38 Å². The van der Waals surface area contributed by atoms with Crippen LogP contribution in [0.25, 0.3) is 0 Å². The molecule has 0 atom stereocenters. The lowest BCUT2D eigenvalue weighted by Gasteiger charge is -2.03. The van der Waals surface area contributed by atoms with Crippen molar-refractivity contribution in [1.29, 1.82) is 0 Å². The third kappa shape index (κ3) is 4.39. The number of hydrogen-bond donors (Lipinski definition) is 2. The number of amides is 1. The van der Waals surface area contributed by atoms with Crippen LogP contribution in [0.15, 0.2) is 5.38 Å². The van der Waals surface area contributed by atoms with Gasteiger partial charge < -0.3 is 15.4 Å². The van der Waals surface area contributed by atoms with Gasteiger partial charge in [0.1, 0.15) is 0 Å². The normalized spacial score (nSPS) is 9.76. The SMILES string of the molecule is CCCNC(=O)CNc1nc(C(=O)OC)cs1. The zero-order chi connectivity index (χ0) is 12.7. The molecule has 0 fully saturated rings. The summed E-state index contributed by atoms with van der Waals surface area (Å²) < 4.78 is 4.53. The number of nitrogens with one attached hydrogen (secondary N) is 2. The number of rotatable bonds is 6. The Morgan fingerprint density at radius 2 is 2.29 bits per heavy atom. The van der Waals surface area contributed by atoms with Crippen molar-refractivity contribution in [2.24, 2.45) is 0 Å². The highest BCUT2D eigenvalue weighted by Crippen LogP contribution is 2.15. The smallest absolute Gasteiger partial charge is 0.357 e. The fourth-order valence-electron chi connectivity index (χ4n) is 1.04. The number of aromatic nitrogens is 1. The molecule has 0 bridgehead atoms. The topological polar surface area (TPSA) is 80.3 Å². The van der Waals surface area contributed by atoms with E-state index in [9.17, 15) is 9.59 Å². The van der Waals surface area contributed by atoms with E-state index in [1.807, 2.05) is 6.92 Å². The van der Waals surface area contributed by atoms with Crippen molar-refractivity contribution >= 4 is 28.3 Å². The Kier molecular flexibility index (Phi) is 5.41. The molecule has 0 aliphatic heterocycles. The van der Waals surface area contributed by atoms with E-state index in [4.69, 9.17) is 0 Å². The molecular formula is C10H15N3O3S. The number of methoxy groups -OCH3 is 1. The molecule has 17 heavy (non-hydrogen) atoms. The minimum absolute atomic E-state index is 0.0957. The number of esters is 1. The van der Waals surface area contributed by atoms with Crippen molar-refractivity contribution in [3.63, 3.8) is 0 Å². The van der Waals surface area contributed by atoms with Gasteiger partial charge in [-0.2, -0.15) is 0 Å². The Balaban J connectivity index is 2.39. The van der Waals surface area contributed by atoms with Crippen LogP contribution in [-0.2, 0) is 9.53 Å². The molecule has 0 aromatic carbocycles. The minimum atomic E-state index is -0.482. The standard InChI is InChI=1S/C10H15N3O3S/c1-3-4-11-8(14)5-12-10-13-7(6-17-10)9(15)16-2/h6H,3-5H2,1-2H3,(H,11,14)(H,12,13). The summed E-state index contributed by atoms with van der Waals surface area (Å²) in [5.41, 5.74) is 0.244. The van der Waals surface area contributed by atoms with Gasteiger partial charge in [-0.1, -0.05) is 6.92 Å². The minimum Gasteiger partial charge on any atom is -0.464 e. The van der Waals surface area contributed by atoms with Crippen LogP contribution in [0, 0.1) is 0 Å². The molecule has 0 saturated heterocycles. The molecule has 0 saturated carbocycles. The van der Waals surface area contributed by atoms with Crippen molar-refractivity contribution in [2.45, 2.75) is 13.3 Å². The number of anilines is 1. The molecule has 0 radical (unpaired) electrons. The summed E-state index contributed by atoms with van der Waals surface area (Å²) in [7, 11) is 1.30. The second-order valence-corrected chi connectivity index (χ2v) is 4.09. The van der Waals surface area contributed by atoms with E-state index in [-0.39, 0.29) is 18.1 Å². The van der Waals surface area contributed by atoms with Crippen molar-refractivity contribution in [3.05, 3.63) is 11.1 Å². The van der Waals surface area contributed by atoms with Crippen LogP contribution in [0.4, 0.5) is 5.13 Å². The van der Waals surface area contributed by atoms with Crippen LogP contribution >= 0.6 is 11.3 Å². The van der Waals surface area contributed by atoms with Crippen LogP contribution in [0.1, 0.15) is 23.8 Å². The van der Waals surface area contributed by atoms with Crippen molar-refractivity contribution in [2.75, 3.05) is 25.5 Å². The average molecular weight is 257 g/mol. The predicted molar refractivity (Wildman–Crippen MR) is 65.2 cm³/mol. The molecular weight excluding hydrogens is 242 g/mol. The van der Waals surface area contributed by atoms with Gasteiger partial charge in [-0.3, -0.25) is 4.79 Å². The highest BCUT2D eigenvalue weighted by Gasteiger charge is 2.10. The third-order valence-corrected chi connectivity index (χ3v) is 2.67. The largest absolute Gasteiger partial charge is 0.464 e. The van der Waals surface area contributed by atoms with E-state index in [1.165, 1.54) is 18.4 Å². The third-order valence-electron chi connectivity index (χ3n) is 1.87. The lowest BCUT2D eigenvalue weighted by molar-refractivity contribution is -0.119. The molecule has 0 aliphatic rings. The Morgan fingerprint density at radius 3 is 2.94 bits per heavy atom. The van der Waals surface area contributed by atoms with Crippen LogP contribution in [-0.4, -0.2) is 37.1 Å². The zero-order valence-corrected chi connectivity index (χ0v) is 10.6. The molecule has 0 unspecified atom stereocenters. The van der Waals surface area contributed by atoms with Gasteiger partial charge in [-0.05, 0) is 6.42 Å². The van der Waals surface area contributed by atoms with Gasteiger partial charge in [-0.15, -0.1) is 11.3 Å². The predicted octanol–water partition coefficient (Wildman–Crippen LogP) is 0.868. The molecule has 2 N–H and O–H groups in total. The maximum atomic E-state index is 11.3. The molecule has 1 rings (SSSR count). The van der Waals surface area contributed by atoms with E-state index in [0.29, 0.717) is 11.7 Å². The van der Waals surface area contributed by atoms with Crippen molar-refractivity contribution < 1.29 is 14.3 Å². The van der Waals surface area contributed by atoms with Crippen molar-refractivity contribution in [1.82, 2.24) is 10.3 Å². The second kappa shape index (κ2) is 6.85. The summed E-state index contributed by atoms with van der Waals surface area (Å²) in [6.45, 7) is 2.79. The molecule has 1 aromatic rings.